The van der Waals surface area contributed by atoms with Crippen LogP contribution in [0.5, 0.6) is 0 Å². The minimum Gasteiger partial charge on any atom is -0.355 e. The van der Waals surface area contributed by atoms with Gasteiger partial charge in [-0.2, -0.15) is 0 Å². The first-order valence-corrected chi connectivity index (χ1v) is 4.67. The monoisotopic (exact) mass is 199 g/mol. The molecule has 0 aliphatic heterocycles. The molecule has 1 rings (SSSR count). The van der Waals surface area contributed by atoms with Gasteiger partial charge in [-0.15, -0.1) is 11.6 Å². The molecule has 0 saturated carbocycles. The Labute approximate surface area is 83.9 Å². The number of carbonyl (C=O) groups excluding carboxylic acids is 1. The predicted octanol–water partition coefficient (Wildman–Crippen LogP) is 2.21. The van der Waals surface area contributed by atoms with Crippen molar-refractivity contribution >= 4 is 17.5 Å². The van der Waals surface area contributed by atoms with Crippen LogP contribution in [0.3, 0.4) is 0 Å². The molecule has 0 heterocycles. The van der Waals surface area contributed by atoms with Crippen molar-refractivity contribution in [3.63, 3.8) is 0 Å². The number of nitrogens with one attached hydrogen (secondary N) is 1. The highest BCUT2D eigenvalue weighted by Crippen LogP contribution is 2.05. The van der Waals surface area contributed by atoms with E-state index in [2.05, 4.69) is 16.9 Å². The van der Waals surface area contributed by atoms with Gasteiger partial charge in [0.2, 0.25) is 0 Å². The first kappa shape index (κ1) is 12.0. The highest BCUT2D eigenvalue weighted by Gasteiger charge is 2.03. The molecule has 0 saturated heterocycles. The summed E-state index contributed by atoms with van der Waals surface area (Å²) < 4.78 is 0. The summed E-state index contributed by atoms with van der Waals surface area (Å²) in [6.45, 7) is 1.92. The lowest BCUT2D eigenvalue weighted by Crippen LogP contribution is -2.18. The SMILES string of the molecule is CCl.CNC(=O)c1ccccc1C. The summed E-state index contributed by atoms with van der Waals surface area (Å²) in [5.74, 6) is -0.0249. The van der Waals surface area contributed by atoms with Crippen LogP contribution in [-0.4, -0.2) is 19.3 Å². The Bertz CT molecular complexity index is 273. The normalized spacial score (nSPS) is 8.31. The van der Waals surface area contributed by atoms with Crippen LogP contribution >= 0.6 is 11.6 Å². The fourth-order valence-corrected chi connectivity index (χ4v) is 0.962. The topological polar surface area (TPSA) is 29.1 Å². The van der Waals surface area contributed by atoms with E-state index in [-0.39, 0.29) is 5.91 Å². The van der Waals surface area contributed by atoms with Gasteiger partial charge in [-0.3, -0.25) is 4.79 Å². The van der Waals surface area contributed by atoms with Crippen molar-refractivity contribution in [2.24, 2.45) is 0 Å². The van der Waals surface area contributed by atoms with Crippen molar-refractivity contribution in [1.82, 2.24) is 5.32 Å². The van der Waals surface area contributed by atoms with Crippen molar-refractivity contribution in [2.75, 3.05) is 13.4 Å². The number of carbonyl (C=O) groups is 1. The molecule has 1 amide bonds. The Morgan fingerprint density at radius 3 is 2.31 bits per heavy atom. The summed E-state index contributed by atoms with van der Waals surface area (Å²) in [7, 11) is 1.63. The van der Waals surface area contributed by atoms with Crippen LogP contribution in [0, 0.1) is 6.92 Å². The standard InChI is InChI=1S/C9H11NO.CH3Cl/c1-7-5-3-4-6-8(7)9(11)10-2;1-2/h3-6H,1-2H3,(H,10,11);1H3. The van der Waals surface area contributed by atoms with Crippen molar-refractivity contribution in [3.8, 4) is 0 Å². The van der Waals surface area contributed by atoms with Crippen LogP contribution in [0.4, 0.5) is 0 Å². The lowest BCUT2D eigenvalue weighted by Gasteiger charge is -2.01. The van der Waals surface area contributed by atoms with E-state index in [4.69, 9.17) is 0 Å². The fourth-order valence-electron chi connectivity index (χ4n) is 0.962. The average Bonchev–Trinajstić information content (AvgIpc) is 2.20. The van der Waals surface area contributed by atoms with Crippen LogP contribution in [0.1, 0.15) is 15.9 Å². The minimum atomic E-state index is -0.0249. The molecule has 1 aromatic carbocycles. The van der Waals surface area contributed by atoms with Crippen LogP contribution in [-0.2, 0) is 0 Å². The molecule has 13 heavy (non-hydrogen) atoms. The Morgan fingerprint density at radius 1 is 1.31 bits per heavy atom. The van der Waals surface area contributed by atoms with Gasteiger partial charge in [0.25, 0.3) is 5.91 Å². The maximum atomic E-state index is 11.1. The van der Waals surface area contributed by atoms with Crippen molar-refractivity contribution in [3.05, 3.63) is 35.4 Å². The summed E-state index contributed by atoms with van der Waals surface area (Å²) in [5.41, 5.74) is 1.75. The zero-order valence-electron chi connectivity index (χ0n) is 8.10. The molecule has 0 bridgehead atoms. The van der Waals surface area contributed by atoms with E-state index in [1.54, 1.807) is 7.05 Å². The number of rotatable bonds is 1. The highest BCUT2D eigenvalue weighted by atomic mass is 35.5. The lowest BCUT2D eigenvalue weighted by molar-refractivity contribution is 0.0962. The molecule has 0 aliphatic rings. The minimum absolute atomic E-state index is 0.0249. The van der Waals surface area contributed by atoms with Crippen molar-refractivity contribution in [1.29, 1.82) is 0 Å². The Balaban J connectivity index is 0.000000671. The third-order valence-electron chi connectivity index (χ3n) is 1.62. The van der Waals surface area contributed by atoms with Crippen LogP contribution in [0.2, 0.25) is 0 Å². The van der Waals surface area contributed by atoms with E-state index in [0.717, 1.165) is 11.1 Å². The molecule has 0 atom stereocenters. The Hall–Kier alpha value is -1.02. The number of aryl methyl sites for hydroxylation is 1. The average molecular weight is 200 g/mol. The first-order valence-electron chi connectivity index (χ1n) is 3.91. The summed E-state index contributed by atoms with van der Waals surface area (Å²) in [6.07, 6.45) is 1.47. The maximum Gasteiger partial charge on any atom is 0.251 e. The third-order valence-corrected chi connectivity index (χ3v) is 1.62. The number of hydrogen-bond acceptors (Lipinski definition) is 1. The van der Waals surface area contributed by atoms with Gasteiger partial charge in [0.1, 0.15) is 0 Å². The zero-order valence-corrected chi connectivity index (χ0v) is 8.85. The second-order valence-corrected chi connectivity index (χ2v) is 2.39. The number of benzene rings is 1. The second kappa shape index (κ2) is 6.49. The second-order valence-electron chi connectivity index (χ2n) is 2.39. The van der Waals surface area contributed by atoms with Gasteiger partial charge in [-0.1, -0.05) is 18.2 Å². The molecule has 2 nitrogen and oxygen atoms in total. The molecule has 1 N–H and O–H groups in total. The molecular formula is C10H14ClNO. The number of halogens is 1. The van der Waals surface area contributed by atoms with Gasteiger partial charge in [-0.25, -0.2) is 0 Å². The van der Waals surface area contributed by atoms with E-state index in [1.807, 2.05) is 31.2 Å². The number of hydrogen-bond donors (Lipinski definition) is 1. The van der Waals surface area contributed by atoms with Gasteiger partial charge >= 0.3 is 0 Å². The largest absolute Gasteiger partial charge is 0.355 e. The summed E-state index contributed by atoms with van der Waals surface area (Å²) in [4.78, 5) is 11.1. The summed E-state index contributed by atoms with van der Waals surface area (Å²) >= 11 is 4.64. The predicted molar refractivity (Wildman–Crippen MR) is 56.3 cm³/mol. The quantitative estimate of drug-likeness (QED) is 0.691. The Kier molecular flexibility index (Phi) is 5.98. The van der Waals surface area contributed by atoms with Gasteiger partial charge in [0.15, 0.2) is 0 Å². The van der Waals surface area contributed by atoms with Crippen molar-refractivity contribution in [2.45, 2.75) is 6.92 Å². The summed E-state index contributed by atoms with van der Waals surface area (Å²) in [6, 6.07) is 7.51. The molecule has 0 unspecified atom stereocenters. The molecule has 0 spiro atoms. The van der Waals surface area contributed by atoms with E-state index < -0.39 is 0 Å². The van der Waals surface area contributed by atoms with E-state index >= 15 is 0 Å². The molecule has 3 heteroatoms. The highest BCUT2D eigenvalue weighted by molar-refractivity contribution is 6.15. The molecule has 0 fully saturated rings. The van der Waals surface area contributed by atoms with E-state index in [1.165, 1.54) is 6.38 Å². The van der Waals surface area contributed by atoms with Crippen LogP contribution < -0.4 is 5.32 Å². The molecule has 1 aromatic rings. The molecule has 0 radical (unpaired) electrons. The lowest BCUT2D eigenvalue weighted by atomic mass is 10.1. The Morgan fingerprint density at radius 2 is 1.85 bits per heavy atom. The third kappa shape index (κ3) is 3.47. The van der Waals surface area contributed by atoms with Gasteiger partial charge in [0, 0.05) is 19.0 Å². The van der Waals surface area contributed by atoms with Crippen molar-refractivity contribution < 1.29 is 4.79 Å². The van der Waals surface area contributed by atoms with Gasteiger partial charge in [0.05, 0.1) is 0 Å². The number of alkyl halides is 1. The van der Waals surface area contributed by atoms with Gasteiger partial charge in [-0.05, 0) is 18.6 Å². The van der Waals surface area contributed by atoms with Gasteiger partial charge < -0.3 is 5.32 Å². The summed E-state index contributed by atoms with van der Waals surface area (Å²) in [5, 5.41) is 2.58. The molecule has 0 aliphatic carbocycles. The van der Waals surface area contributed by atoms with Crippen LogP contribution in [0.15, 0.2) is 24.3 Å². The molecule has 0 aromatic heterocycles. The molecular weight excluding hydrogens is 186 g/mol. The van der Waals surface area contributed by atoms with Crippen LogP contribution in [0.25, 0.3) is 0 Å². The fraction of sp³-hybridized carbons (Fsp3) is 0.300. The maximum absolute atomic E-state index is 11.1. The van der Waals surface area contributed by atoms with E-state index in [0.29, 0.717) is 0 Å². The van der Waals surface area contributed by atoms with E-state index in [9.17, 15) is 4.79 Å². The zero-order chi connectivity index (χ0) is 10.3. The molecule has 72 valence electrons. The number of amides is 1. The first-order chi connectivity index (χ1) is 6.25. The smallest absolute Gasteiger partial charge is 0.251 e.